The number of nitriles is 1. The number of hydrogen-bond acceptors (Lipinski definition) is 3. The molecule has 4 heteroatoms. The quantitative estimate of drug-likeness (QED) is 0.694. The summed E-state index contributed by atoms with van der Waals surface area (Å²) in [5.74, 6) is 0. The minimum absolute atomic E-state index is 0.626. The van der Waals surface area contributed by atoms with Crippen LogP contribution in [0.3, 0.4) is 0 Å². The number of pyridine rings is 1. The van der Waals surface area contributed by atoms with Gasteiger partial charge in [0.1, 0.15) is 10.7 Å². The van der Waals surface area contributed by atoms with Crippen molar-refractivity contribution >= 4 is 15.9 Å². The highest BCUT2D eigenvalue weighted by Crippen LogP contribution is 2.19. The summed E-state index contributed by atoms with van der Waals surface area (Å²) in [6.45, 7) is 1.78. The molecule has 66 valence electrons. The predicted molar refractivity (Wildman–Crippen MR) is 52.1 cm³/mol. The molecule has 1 aromatic rings. The van der Waals surface area contributed by atoms with Gasteiger partial charge in [-0.1, -0.05) is 0 Å². The Balaban J connectivity index is 2.52. The maximum absolute atomic E-state index is 8.78. The van der Waals surface area contributed by atoms with Crippen LogP contribution in [0.2, 0.25) is 0 Å². The summed E-state index contributed by atoms with van der Waals surface area (Å²) in [4.78, 5) is 4.32. The molecule has 0 atom stereocenters. The van der Waals surface area contributed by atoms with Crippen LogP contribution in [0, 0.1) is 11.3 Å². The molecule has 0 saturated carbocycles. The van der Waals surface area contributed by atoms with E-state index in [1.165, 1.54) is 5.56 Å². The average molecular weight is 238 g/mol. The molecule has 1 aromatic heterocycles. The van der Waals surface area contributed by atoms with Crippen LogP contribution in [0.25, 0.3) is 0 Å². The van der Waals surface area contributed by atoms with Gasteiger partial charge in [0.15, 0.2) is 0 Å². The summed E-state index contributed by atoms with van der Waals surface area (Å²) in [7, 11) is 0. The summed E-state index contributed by atoms with van der Waals surface area (Å²) in [6.07, 6.45) is 0.963. The smallest absolute Gasteiger partial charge is 0.124 e. The highest BCUT2D eigenvalue weighted by molar-refractivity contribution is 9.10. The molecule has 13 heavy (non-hydrogen) atoms. The van der Waals surface area contributed by atoms with Gasteiger partial charge in [-0.2, -0.15) is 5.26 Å². The van der Waals surface area contributed by atoms with Crippen molar-refractivity contribution in [3.63, 3.8) is 0 Å². The Morgan fingerprint density at radius 3 is 3.23 bits per heavy atom. The van der Waals surface area contributed by atoms with Crippen LogP contribution >= 0.6 is 15.9 Å². The minimum atomic E-state index is 0.626. The van der Waals surface area contributed by atoms with Gasteiger partial charge in [0.2, 0.25) is 0 Å². The normalized spacial score (nSPS) is 14.8. The molecule has 0 fully saturated rings. The molecular formula is C9H8BrN3. The molecule has 2 rings (SSSR count). The van der Waals surface area contributed by atoms with Crippen LogP contribution < -0.4 is 5.32 Å². The molecule has 0 aliphatic carbocycles. The molecule has 2 heterocycles. The third-order valence-electron chi connectivity index (χ3n) is 2.13. The Labute approximate surface area is 84.9 Å². The predicted octanol–water partition coefficient (Wildman–Crippen LogP) is 1.36. The van der Waals surface area contributed by atoms with Gasteiger partial charge in [0, 0.05) is 6.54 Å². The first-order valence-corrected chi connectivity index (χ1v) is 4.89. The maximum Gasteiger partial charge on any atom is 0.124 e. The molecule has 0 aromatic carbocycles. The first-order chi connectivity index (χ1) is 6.31. The Morgan fingerprint density at radius 2 is 2.46 bits per heavy atom. The lowest BCUT2D eigenvalue weighted by Crippen LogP contribution is -2.24. The molecule has 1 N–H and O–H groups in total. The second kappa shape index (κ2) is 3.44. The molecule has 1 aliphatic heterocycles. The van der Waals surface area contributed by atoms with Gasteiger partial charge in [0.05, 0.1) is 11.3 Å². The van der Waals surface area contributed by atoms with Crippen molar-refractivity contribution in [2.45, 2.75) is 13.0 Å². The lowest BCUT2D eigenvalue weighted by Gasteiger charge is -2.16. The summed E-state index contributed by atoms with van der Waals surface area (Å²) >= 11 is 3.27. The summed E-state index contributed by atoms with van der Waals surface area (Å²) in [5, 5.41) is 12.0. The van der Waals surface area contributed by atoms with Gasteiger partial charge in [0.25, 0.3) is 0 Å². The average Bonchev–Trinajstić information content (AvgIpc) is 2.17. The van der Waals surface area contributed by atoms with E-state index in [1.54, 1.807) is 0 Å². The second-order valence-electron chi connectivity index (χ2n) is 2.97. The molecular weight excluding hydrogens is 230 g/mol. The van der Waals surface area contributed by atoms with E-state index in [1.807, 2.05) is 6.07 Å². The third kappa shape index (κ3) is 1.58. The van der Waals surface area contributed by atoms with Crippen LogP contribution in [-0.2, 0) is 13.0 Å². The SMILES string of the molecule is N#Cc1cc2c(nc1Br)CNCC2. The monoisotopic (exact) mass is 237 g/mol. The number of nitrogens with one attached hydrogen (secondary N) is 1. The molecule has 1 aliphatic rings. The molecule has 0 saturated heterocycles. The lowest BCUT2D eigenvalue weighted by molar-refractivity contribution is 0.625. The zero-order chi connectivity index (χ0) is 9.26. The van der Waals surface area contributed by atoms with E-state index in [4.69, 9.17) is 5.26 Å². The van der Waals surface area contributed by atoms with Crippen LogP contribution in [0.4, 0.5) is 0 Å². The number of aromatic nitrogens is 1. The number of fused-ring (bicyclic) bond motifs is 1. The minimum Gasteiger partial charge on any atom is -0.311 e. The second-order valence-corrected chi connectivity index (χ2v) is 3.72. The van der Waals surface area contributed by atoms with Gasteiger partial charge in [-0.25, -0.2) is 4.98 Å². The fourth-order valence-electron chi connectivity index (χ4n) is 1.45. The third-order valence-corrected chi connectivity index (χ3v) is 2.73. The van der Waals surface area contributed by atoms with Crippen LogP contribution in [0.15, 0.2) is 10.7 Å². The Kier molecular flexibility index (Phi) is 2.30. The Morgan fingerprint density at radius 1 is 1.62 bits per heavy atom. The van der Waals surface area contributed by atoms with Gasteiger partial charge in [-0.05, 0) is 40.5 Å². The van der Waals surface area contributed by atoms with E-state index in [0.29, 0.717) is 10.2 Å². The Hall–Kier alpha value is -0.920. The van der Waals surface area contributed by atoms with Crippen molar-refractivity contribution < 1.29 is 0 Å². The fourth-order valence-corrected chi connectivity index (χ4v) is 1.86. The van der Waals surface area contributed by atoms with E-state index in [9.17, 15) is 0 Å². The van der Waals surface area contributed by atoms with E-state index in [0.717, 1.165) is 25.2 Å². The highest BCUT2D eigenvalue weighted by atomic mass is 79.9. The first-order valence-electron chi connectivity index (χ1n) is 4.10. The van der Waals surface area contributed by atoms with Gasteiger partial charge in [-0.3, -0.25) is 0 Å². The number of nitrogens with zero attached hydrogens (tertiary/aromatic N) is 2. The first kappa shape index (κ1) is 8.67. The Bertz CT molecular complexity index is 381. The molecule has 0 spiro atoms. The van der Waals surface area contributed by atoms with E-state index < -0.39 is 0 Å². The van der Waals surface area contributed by atoms with Crippen molar-refractivity contribution in [1.82, 2.24) is 10.3 Å². The maximum atomic E-state index is 8.78. The summed E-state index contributed by atoms with van der Waals surface area (Å²) < 4.78 is 0.650. The van der Waals surface area contributed by atoms with Crippen molar-refractivity contribution in [2.75, 3.05) is 6.54 Å². The largest absolute Gasteiger partial charge is 0.311 e. The lowest BCUT2D eigenvalue weighted by atomic mass is 10.1. The number of rotatable bonds is 0. The molecule has 0 bridgehead atoms. The van der Waals surface area contributed by atoms with Gasteiger partial charge >= 0.3 is 0 Å². The zero-order valence-corrected chi connectivity index (χ0v) is 8.56. The summed E-state index contributed by atoms with van der Waals surface area (Å²) in [6, 6.07) is 4.04. The van der Waals surface area contributed by atoms with Gasteiger partial charge in [-0.15, -0.1) is 0 Å². The topological polar surface area (TPSA) is 48.7 Å². The van der Waals surface area contributed by atoms with Gasteiger partial charge < -0.3 is 5.32 Å². The number of hydrogen-bond donors (Lipinski definition) is 1. The van der Waals surface area contributed by atoms with Crippen molar-refractivity contribution in [1.29, 1.82) is 5.26 Å². The highest BCUT2D eigenvalue weighted by Gasteiger charge is 2.12. The standard InChI is InChI=1S/C9H8BrN3/c10-9-7(4-11)3-6-1-2-12-5-8(6)13-9/h3,12H,1-2,5H2. The van der Waals surface area contributed by atoms with Crippen molar-refractivity contribution in [3.05, 3.63) is 27.5 Å². The van der Waals surface area contributed by atoms with Crippen molar-refractivity contribution in [3.8, 4) is 6.07 Å². The number of halogens is 1. The molecule has 0 unspecified atom stereocenters. The van der Waals surface area contributed by atoms with E-state index in [-0.39, 0.29) is 0 Å². The van der Waals surface area contributed by atoms with E-state index >= 15 is 0 Å². The van der Waals surface area contributed by atoms with Crippen molar-refractivity contribution in [2.24, 2.45) is 0 Å². The van der Waals surface area contributed by atoms with Crippen LogP contribution in [0.1, 0.15) is 16.8 Å². The molecule has 0 radical (unpaired) electrons. The molecule has 0 amide bonds. The molecule has 3 nitrogen and oxygen atoms in total. The van der Waals surface area contributed by atoms with E-state index in [2.05, 4.69) is 32.3 Å². The zero-order valence-electron chi connectivity index (χ0n) is 6.97. The van der Waals surface area contributed by atoms with Crippen LogP contribution in [-0.4, -0.2) is 11.5 Å². The fraction of sp³-hybridized carbons (Fsp3) is 0.333. The summed E-state index contributed by atoms with van der Waals surface area (Å²) in [5.41, 5.74) is 2.87. The van der Waals surface area contributed by atoms with Crippen LogP contribution in [0.5, 0.6) is 0 Å².